The Morgan fingerprint density at radius 1 is 1.25 bits per heavy atom. The zero-order valence-electron chi connectivity index (χ0n) is 9.50. The van der Waals surface area contributed by atoms with Crippen LogP contribution in [0.2, 0.25) is 0 Å². The highest BCUT2D eigenvalue weighted by molar-refractivity contribution is 9.10. The predicted molar refractivity (Wildman–Crippen MR) is 67.7 cm³/mol. The lowest BCUT2D eigenvalue weighted by molar-refractivity contribution is 0.0831. The molecule has 16 heavy (non-hydrogen) atoms. The fourth-order valence-electron chi connectivity index (χ4n) is 1.49. The summed E-state index contributed by atoms with van der Waals surface area (Å²) in [6.07, 6.45) is 0. The molecule has 2 nitrogen and oxygen atoms in total. The van der Waals surface area contributed by atoms with Gasteiger partial charge >= 0.3 is 0 Å². The molecule has 0 spiro atoms. The fraction of sp³-hybridized carbons (Fsp3) is 0.308. The molecule has 0 atom stereocenters. The van der Waals surface area contributed by atoms with Gasteiger partial charge in [0.25, 0.3) is 0 Å². The van der Waals surface area contributed by atoms with E-state index in [9.17, 15) is 4.79 Å². The maximum absolute atomic E-state index is 12.0. The Bertz CT molecular complexity index is 547. The Morgan fingerprint density at radius 2 is 1.94 bits per heavy atom. The van der Waals surface area contributed by atoms with E-state index < -0.39 is 5.41 Å². The van der Waals surface area contributed by atoms with E-state index in [4.69, 9.17) is 4.42 Å². The zero-order valence-corrected chi connectivity index (χ0v) is 11.1. The van der Waals surface area contributed by atoms with Crippen molar-refractivity contribution in [1.29, 1.82) is 0 Å². The van der Waals surface area contributed by atoms with E-state index in [1.807, 2.05) is 39.0 Å². The molecule has 0 radical (unpaired) electrons. The van der Waals surface area contributed by atoms with E-state index in [0.29, 0.717) is 5.76 Å². The molecule has 84 valence electrons. The summed E-state index contributed by atoms with van der Waals surface area (Å²) < 4.78 is 6.51. The monoisotopic (exact) mass is 280 g/mol. The number of carbonyl (C=O) groups excluding carboxylic acids is 1. The van der Waals surface area contributed by atoms with Crippen LogP contribution < -0.4 is 0 Å². The van der Waals surface area contributed by atoms with E-state index in [2.05, 4.69) is 15.9 Å². The van der Waals surface area contributed by atoms with Gasteiger partial charge in [-0.3, -0.25) is 4.79 Å². The van der Waals surface area contributed by atoms with Gasteiger partial charge in [-0.2, -0.15) is 0 Å². The Kier molecular flexibility index (Phi) is 2.66. The van der Waals surface area contributed by atoms with Crippen LogP contribution in [0.25, 0.3) is 11.0 Å². The van der Waals surface area contributed by atoms with Crippen molar-refractivity contribution in [1.82, 2.24) is 0 Å². The second-order valence-electron chi connectivity index (χ2n) is 4.87. The van der Waals surface area contributed by atoms with Gasteiger partial charge in [0.1, 0.15) is 5.58 Å². The number of rotatable bonds is 1. The molecule has 1 aromatic heterocycles. The molecule has 0 saturated heterocycles. The average molecular weight is 281 g/mol. The molecule has 0 bridgehead atoms. The highest BCUT2D eigenvalue weighted by Crippen LogP contribution is 2.27. The quantitative estimate of drug-likeness (QED) is 0.724. The molecule has 1 heterocycles. The molecular weight excluding hydrogens is 268 g/mol. The van der Waals surface area contributed by atoms with E-state index >= 15 is 0 Å². The Balaban J connectivity index is 2.52. The molecule has 0 aliphatic carbocycles. The Morgan fingerprint density at radius 3 is 2.56 bits per heavy atom. The van der Waals surface area contributed by atoms with Crippen molar-refractivity contribution >= 4 is 32.7 Å². The molecule has 0 saturated carbocycles. The molecule has 2 rings (SSSR count). The molecule has 3 heteroatoms. The van der Waals surface area contributed by atoms with Crippen molar-refractivity contribution in [3.63, 3.8) is 0 Å². The summed E-state index contributed by atoms with van der Waals surface area (Å²) in [6, 6.07) is 7.54. The topological polar surface area (TPSA) is 30.2 Å². The van der Waals surface area contributed by atoms with Gasteiger partial charge < -0.3 is 4.42 Å². The lowest BCUT2D eigenvalue weighted by Crippen LogP contribution is -2.19. The van der Waals surface area contributed by atoms with Gasteiger partial charge in [0.15, 0.2) is 5.76 Å². The van der Waals surface area contributed by atoms with Gasteiger partial charge in [-0.05, 0) is 24.3 Å². The van der Waals surface area contributed by atoms with E-state index in [0.717, 1.165) is 15.4 Å². The summed E-state index contributed by atoms with van der Waals surface area (Å²) in [5.74, 6) is 0.459. The highest BCUT2D eigenvalue weighted by atomic mass is 79.9. The zero-order chi connectivity index (χ0) is 11.9. The van der Waals surface area contributed by atoms with Crippen LogP contribution in [0.4, 0.5) is 0 Å². The van der Waals surface area contributed by atoms with Gasteiger partial charge in [-0.15, -0.1) is 0 Å². The Labute approximate surface area is 103 Å². The fourth-order valence-corrected chi connectivity index (χ4v) is 1.83. The smallest absolute Gasteiger partial charge is 0.203 e. The van der Waals surface area contributed by atoms with Crippen LogP contribution in [-0.2, 0) is 0 Å². The van der Waals surface area contributed by atoms with Crippen molar-refractivity contribution in [2.24, 2.45) is 5.41 Å². The predicted octanol–water partition coefficient (Wildman–Crippen LogP) is 4.42. The third-order valence-corrected chi connectivity index (χ3v) is 2.88. The molecule has 0 amide bonds. The minimum Gasteiger partial charge on any atom is -0.453 e. The standard InChI is InChI=1S/C13H13BrO2/c1-13(2,3)12(15)11-6-8-4-5-9(14)7-10(8)16-11/h4-7H,1-3H3. The van der Waals surface area contributed by atoms with Crippen LogP contribution in [0.15, 0.2) is 33.2 Å². The normalized spacial score (nSPS) is 12.0. The maximum atomic E-state index is 12.0. The largest absolute Gasteiger partial charge is 0.453 e. The van der Waals surface area contributed by atoms with Crippen molar-refractivity contribution in [3.8, 4) is 0 Å². The Hall–Kier alpha value is -1.09. The number of hydrogen-bond acceptors (Lipinski definition) is 2. The molecule has 0 unspecified atom stereocenters. The number of carbonyl (C=O) groups is 1. The average Bonchev–Trinajstić information content (AvgIpc) is 2.57. The summed E-state index contributed by atoms with van der Waals surface area (Å²) in [6.45, 7) is 5.66. The summed E-state index contributed by atoms with van der Waals surface area (Å²) in [4.78, 5) is 12.0. The first-order valence-corrected chi connectivity index (χ1v) is 5.91. The maximum Gasteiger partial charge on any atom is 0.203 e. The van der Waals surface area contributed by atoms with Crippen molar-refractivity contribution in [2.75, 3.05) is 0 Å². The number of fused-ring (bicyclic) bond motifs is 1. The number of halogens is 1. The summed E-state index contributed by atoms with van der Waals surface area (Å²) in [5, 5.41) is 0.954. The second kappa shape index (κ2) is 3.74. The van der Waals surface area contributed by atoms with Gasteiger partial charge in [0, 0.05) is 15.3 Å². The van der Waals surface area contributed by atoms with E-state index in [-0.39, 0.29) is 5.78 Å². The van der Waals surface area contributed by atoms with Crippen molar-refractivity contribution < 1.29 is 9.21 Å². The summed E-state index contributed by atoms with van der Waals surface area (Å²) in [5.41, 5.74) is 0.326. The molecule has 0 fully saturated rings. The summed E-state index contributed by atoms with van der Waals surface area (Å²) in [7, 11) is 0. The van der Waals surface area contributed by atoms with Gasteiger partial charge in [0.2, 0.25) is 5.78 Å². The molecule has 1 aromatic carbocycles. The first-order valence-electron chi connectivity index (χ1n) is 5.12. The number of hydrogen-bond donors (Lipinski definition) is 0. The number of furan rings is 1. The molecule has 0 N–H and O–H groups in total. The third-order valence-electron chi connectivity index (χ3n) is 2.39. The number of benzene rings is 1. The van der Waals surface area contributed by atoms with Crippen LogP contribution in [0.1, 0.15) is 31.3 Å². The third kappa shape index (κ3) is 2.05. The summed E-state index contributed by atoms with van der Waals surface area (Å²) >= 11 is 3.37. The molecule has 0 aliphatic rings. The van der Waals surface area contributed by atoms with Crippen molar-refractivity contribution in [2.45, 2.75) is 20.8 Å². The van der Waals surface area contributed by atoms with Crippen LogP contribution in [0.3, 0.4) is 0 Å². The van der Waals surface area contributed by atoms with Gasteiger partial charge in [-0.1, -0.05) is 36.7 Å². The van der Waals surface area contributed by atoms with Crippen molar-refractivity contribution in [3.05, 3.63) is 34.5 Å². The van der Waals surface area contributed by atoms with Gasteiger partial charge in [-0.25, -0.2) is 0 Å². The second-order valence-corrected chi connectivity index (χ2v) is 5.79. The first-order chi connectivity index (χ1) is 7.38. The molecule has 0 aliphatic heterocycles. The SMILES string of the molecule is CC(C)(C)C(=O)c1cc2ccc(Br)cc2o1. The highest BCUT2D eigenvalue weighted by Gasteiger charge is 2.26. The van der Waals surface area contributed by atoms with Crippen LogP contribution in [0.5, 0.6) is 0 Å². The lowest BCUT2D eigenvalue weighted by Gasteiger charge is -2.13. The minimum absolute atomic E-state index is 0.0276. The molecular formula is C13H13BrO2. The number of ketones is 1. The van der Waals surface area contributed by atoms with E-state index in [1.54, 1.807) is 6.07 Å². The minimum atomic E-state index is -0.412. The number of Topliss-reactive ketones (excluding diaryl/α,β-unsaturated/α-hetero) is 1. The van der Waals surface area contributed by atoms with Crippen LogP contribution in [0, 0.1) is 5.41 Å². The van der Waals surface area contributed by atoms with E-state index in [1.165, 1.54) is 0 Å². The van der Waals surface area contributed by atoms with Crippen LogP contribution >= 0.6 is 15.9 Å². The first kappa shape index (κ1) is 11.4. The molecule has 2 aromatic rings. The lowest BCUT2D eigenvalue weighted by atomic mass is 9.89. The van der Waals surface area contributed by atoms with Gasteiger partial charge in [0.05, 0.1) is 0 Å². The van der Waals surface area contributed by atoms with Crippen LogP contribution in [-0.4, -0.2) is 5.78 Å².